The van der Waals surface area contributed by atoms with Crippen LogP contribution in [0.2, 0.25) is 0 Å². The van der Waals surface area contributed by atoms with Crippen LogP contribution in [0.15, 0.2) is 0 Å². The smallest absolute Gasteiger partial charge is 0.545 e. The fourth-order valence-corrected chi connectivity index (χ4v) is 5.26. The minimum absolute atomic E-state index is 0.873. The monoisotopic (exact) mass is 762 g/mol. The van der Waals surface area contributed by atoms with Crippen molar-refractivity contribution in [3.63, 3.8) is 0 Å². The van der Waals surface area contributed by atoms with Gasteiger partial charge in [-0.1, -0.05) is 0 Å². The highest BCUT2D eigenvalue weighted by Gasteiger charge is 2.61. The van der Waals surface area contributed by atoms with E-state index < -0.39 is 122 Å². The summed E-state index contributed by atoms with van der Waals surface area (Å²) in [5.74, 6) is -23.6. The molecule has 0 saturated carbocycles. The van der Waals surface area contributed by atoms with Crippen LogP contribution in [0, 0.1) is 0 Å². The first-order valence-corrected chi connectivity index (χ1v) is 17.9. The molecule has 0 fully saturated rings. The Hall–Kier alpha value is -3.28. The molecule has 52 heavy (non-hydrogen) atoms. The predicted molar refractivity (Wildman–Crippen MR) is 177 cm³/mol. The van der Waals surface area contributed by atoms with Crippen molar-refractivity contribution in [1.82, 2.24) is 0 Å². The van der Waals surface area contributed by atoms with Crippen LogP contribution in [-0.2, 0) is 82.9 Å². The molecular weight excluding hydrogens is 711 g/mol. The molecular formula is C33H51AlO18. The van der Waals surface area contributed by atoms with Crippen LogP contribution in [0.3, 0.4) is 0 Å². The molecule has 0 N–H and O–H groups in total. The van der Waals surface area contributed by atoms with Crippen LogP contribution >= 0.6 is 0 Å². The largest absolute Gasteiger partial charge is 1.20 e. The first-order chi connectivity index (χ1) is 23.6. The second-order valence-electron chi connectivity index (χ2n) is 13.0. The maximum absolute atomic E-state index is 13.5. The lowest BCUT2D eigenvalue weighted by atomic mass is 10.1. The number of carbonyl (C=O) groups excluding carboxylic acids is 9. The van der Waals surface area contributed by atoms with Gasteiger partial charge >= 0.3 is 67.8 Å². The first-order valence-electron chi connectivity index (χ1n) is 16.5. The number of hydrogen-bond acceptors (Lipinski definition) is 18. The fourth-order valence-electron chi connectivity index (χ4n) is 4.27. The molecule has 0 amide bonds. The van der Waals surface area contributed by atoms with E-state index in [9.17, 15) is 43.2 Å². The molecule has 18 nitrogen and oxygen atoms in total. The normalized spacial score (nSPS) is 12.4. The summed E-state index contributed by atoms with van der Waals surface area (Å²) in [4.78, 5) is 119. The van der Waals surface area contributed by atoms with Crippen molar-refractivity contribution in [2.75, 3.05) is 0 Å². The summed E-state index contributed by atoms with van der Waals surface area (Å²) in [6.45, 7) is 19.6. The van der Waals surface area contributed by atoms with Crippen LogP contribution in [0.25, 0.3) is 0 Å². The third-order valence-electron chi connectivity index (χ3n) is 5.86. The second kappa shape index (κ2) is 20.3. The highest BCUT2D eigenvalue weighted by atomic mass is 27.3. The van der Waals surface area contributed by atoms with Crippen molar-refractivity contribution < 1.29 is 82.9 Å². The van der Waals surface area contributed by atoms with Gasteiger partial charge in [0.2, 0.25) is 0 Å². The summed E-state index contributed by atoms with van der Waals surface area (Å²) in [5.41, 5.74) is 0. The van der Waals surface area contributed by atoms with Gasteiger partial charge in [0.25, 0.3) is 0 Å². The summed E-state index contributed by atoms with van der Waals surface area (Å²) in [7, 11) is 0. The number of ether oxygens (including phenoxy) is 6. The highest BCUT2D eigenvalue weighted by molar-refractivity contribution is 6.57. The van der Waals surface area contributed by atoms with Gasteiger partial charge < -0.3 is 39.8 Å². The van der Waals surface area contributed by atoms with Crippen molar-refractivity contribution >= 4 is 67.8 Å². The Balaban J connectivity index is 7.28. The Labute approximate surface area is 308 Å². The molecule has 0 unspecified atom stereocenters. The van der Waals surface area contributed by atoms with Gasteiger partial charge in [-0.2, -0.15) is 0 Å². The molecule has 0 aliphatic carbocycles. The topological polar surface area (TPSA) is 237 Å². The van der Waals surface area contributed by atoms with Crippen molar-refractivity contribution in [3.8, 4) is 0 Å². The summed E-state index contributed by atoms with van der Waals surface area (Å²) in [6.07, 6.45) is -5.41. The van der Waals surface area contributed by atoms with Crippen molar-refractivity contribution in [2.45, 2.75) is 158 Å². The zero-order chi connectivity index (χ0) is 41.1. The summed E-state index contributed by atoms with van der Waals surface area (Å²) in [6, 6.07) is 0. The molecule has 0 aliphatic rings. The average Bonchev–Trinajstić information content (AvgIpc) is 2.96. The molecule has 0 spiro atoms. The van der Waals surface area contributed by atoms with Crippen LogP contribution in [0.4, 0.5) is 0 Å². The van der Waals surface area contributed by atoms with Crippen LogP contribution in [-0.4, -0.2) is 122 Å². The van der Waals surface area contributed by atoms with Gasteiger partial charge in [0, 0.05) is 20.8 Å². The SMILES string of the molecule is CC(=O)C(OC(C)C)(OC(C)C)C(=O)C(=O)[O][Al]([O]C(=O)C(=O)C(OC(C)C)(OC(C)C)C(C)=O)[O]C(=O)C(=O)C(OC(C)C)(OC(C)C)C(C)=O. The van der Waals surface area contributed by atoms with E-state index in [4.69, 9.17) is 39.8 Å². The second-order valence-corrected chi connectivity index (χ2v) is 14.3. The number of ketones is 6. The maximum atomic E-state index is 13.5. The average molecular weight is 763 g/mol. The minimum atomic E-state index is -4.98. The molecule has 0 heterocycles. The predicted octanol–water partition coefficient (Wildman–Crippen LogP) is 1.71. The van der Waals surface area contributed by atoms with Gasteiger partial charge in [-0.05, 0) is 83.1 Å². The molecule has 0 aromatic heterocycles. The van der Waals surface area contributed by atoms with E-state index in [1.54, 1.807) is 0 Å². The van der Waals surface area contributed by atoms with E-state index in [0.717, 1.165) is 20.8 Å². The molecule has 0 bridgehead atoms. The van der Waals surface area contributed by atoms with Gasteiger partial charge in [0.15, 0.2) is 17.3 Å². The molecule has 0 aromatic rings. The van der Waals surface area contributed by atoms with Crippen LogP contribution in [0.5, 0.6) is 0 Å². The Morgan fingerprint density at radius 2 is 0.500 bits per heavy atom. The van der Waals surface area contributed by atoms with Crippen molar-refractivity contribution in [1.29, 1.82) is 0 Å². The Bertz CT molecular complexity index is 1170. The lowest BCUT2D eigenvalue weighted by molar-refractivity contribution is -0.245. The molecule has 294 valence electrons. The van der Waals surface area contributed by atoms with E-state index in [-0.39, 0.29) is 0 Å². The lowest BCUT2D eigenvalue weighted by Gasteiger charge is -2.33. The van der Waals surface area contributed by atoms with Crippen molar-refractivity contribution in [3.05, 3.63) is 0 Å². The third kappa shape index (κ3) is 13.0. The van der Waals surface area contributed by atoms with E-state index in [2.05, 4.69) is 0 Å². The van der Waals surface area contributed by atoms with Gasteiger partial charge in [-0.3, -0.25) is 28.8 Å². The summed E-state index contributed by atoms with van der Waals surface area (Å²) in [5, 5.41) is 0. The Morgan fingerprint density at radius 1 is 0.346 bits per heavy atom. The minimum Gasteiger partial charge on any atom is -0.545 e. The summed E-state index contributed by atoms with van der Waals surface area (Å²) >= 11 is -4.98. The van der Waals surface area contributed by atoms with E-state index >= 15 is 0 Å². The molecule has 0 atom stereocenters. The quantitative estimate of drug-likeness (QED) is 0.0589. The highest BCUT2D eigenvalue weighted by Crippen LogP contribution is 2.26. The Morgan fingerprint density at radius 3 is 0.615 bits per heavy atom. The molecule has 0 aromatic carbocycles. The number of rotatable bonds is 24. The molecule has 0 saturated heterocycles. The van der Waals surface area contributed by atoms with Crippen LogP contribution < -0.4 is 0 Å². The fraction of sp³-hybridized carbons (Fsp3) is 0.727. The van der Waals surface area contributed by atoms with Gasteiger partial charge in [-0.25, -0.2) is 14.4 Å². The number of hydrogen-bond donors (Lipinski definition) is 0. The maximum Gasteiger partial charge on any atom is 1.20 e. The Kier molecular flexibility index (Phi) is 19.0. The van der Waals surface area contributed by atoms with Crippen molar-refractivity contribution in [2.24, 2.45) is 0 Å². The van der Waals surface area contributed by atoms with E-state index in [0.29, 0.717) is 0 Å². The standard InChI is InChI=1S/3C11H18O6.Al/c3*1-6(2)16-11(8(5)12,17-7(3)4)9(13)10(14)15;/h3*6-7H,1-5H3,(H,14,15);/q;;;+3/p-3. The lowest BCUT2D eigenvalue weighted by Crippen LogP contribution is -2.59. The van der Waals surface area contributed by atoms with E-state index in [1.807, 2.05) is 0 Å². The van der Waals surface area contributed by atoms with Gasteiger partial charge in [-0.15, -0.1) is 0 Å². The van der Waals surface area contributed by atoms with Gasteiger partial charge in [0.1, 0.15) is 0 Å². The third-order valence-corrected chi connectivity index (χ3v) is 7.08. The summed E-state index contributed by atoms with van der Waals surface area (Å²) < 4.78 is 47.5. The number of carbonyl (C=O) groups is 9. The molecule has 0 aliphatic heterocycles. The number of Topliss-reactive ketones (excluding diaryl/α,β-unsaturated/α-hetero) is 6. The zero-order valence-electron chi connectivity index (χ0n) is 32.4. The van der Waals surface area contributed by atoms with E-state index in [1.165, 1.54) is 83.1 Å². The zero-order valence-corrected chi connectivity index (χ0v) is 33.5. The van der Waals surface area contributed by atoms with Gasteiger partial charge in [0.05, 0.1) is 36.6 Å². The van der Waals surface area contributed by atoms with Crippen LogP contribution in [0.1, 0.15) is 104 Å². The first kappa shape index (κ1) is 48.7. The molecule has 19 heteroatoms. The molecule has 0 radical (unpaired) electrons. The molecule has 0 rings (SSSR count).